The Morgan fingerprint density at radius 2 is 2.36 bits per heavy atom. The van der Waals surface area contributed by atoms with Crippen LogP contribution in [-0.4, -0.2) is 23.8 Å². The number of fused-ring (bicyclic) bond motifs is 2. The number of aliphatic hydroxyl groups is 1. The summed E-state index contributed by atoms with van der Waals surface area (Å²) in [4.78, 5) is 0. The lowest BCUT2D eigenvalue weighted by atomic mass is 10.0. The molecule has 2 bridgehead atoms. The predicted octanol–water partition coefficient (Wildman–Crippen LogP) is 0.819. The fourth-order valence-electron chi connectivity index (χ4n) is 2.13. The minimum atomic E-state index is 0.240. The second-order valence-corrected chi connectivity index (χ2v) is 3.51. The van der Waals surface area contributed by atoms with Crippen molar-refractivity contribution in [1.82, 2.24) is 5.32 Å². The van der Waals surface area contributed by atoms with Gasteiger partial charge in [-0.15, -0.1) is 0 Å². The number of aliphatic hydroxyl groups excluding tert-OH is 1. The third-order valence-corrected chi connectivity index (χ3v) is 2.79. The third kappa shape index (κ3) is 1.33. The topological polar surface area (TPSA) is 32.3 Å². The van der Waals surface area contributed by atoms with E-state index in [0.717, 1.165) is 12.5 Å². The van der Waals surface area contributed by atoms with Gasteiger partial charge in [-0.2, -0.15) is 0 Å². The molecule has 0 unspecified atom stereocenters. The van der Waals surface area contributed by atoms with Gasteiger partial charge in [-0.25, -0.2) is 0 Å². The van der Waals surface area contributed by atoms with Crippen molar-refractivity contribution in [1.29, 1.82) is 0 Å². The molecule has 0 aromatic carbocycles. The Bertz CT molecular complexity index is 176. The van der Waals surface area contributed by atoms with Crippen molar-refractivity contribution in [3.63, 3.8) is 0 Å². The molecule has 0 aromatic heterocycles. The van der Waals surface area contributed by atoms with Gasteiger partial charge in [0.05, 0.1) is 6.61 Å². The molecule has 0 radical (unpaired) electrons. The molecule has 1 fully saturated rings. The maximum atomic E-state index is 9.03. The molecule has 2 N–H and O–H groups in total. The summed E-state index contributed by atoms with van der Waals surface area (Å²) in [7, 11) is 0. The molecule has 1 saturated heterocycles. The van der Waals surface area contributed by atoms with E-state index in [2.05, 4.69) is 11.4 Å². The zero-order valence-corrected chi connectivity index (χ0v) is 6.71. The van der Waals surface area contributed by atoms with Gasteiger partial charge in [-0.05, 0) is 31.3 Å². The Hall–Kier alpha value is -0.340. The van der Waals surface area contributed by atoms with Crippen molar-refractivity contribution in [2.75, 3.05) is 6.61 Å². The first-order valence-electron chi connectivity index (χ1n) is 4.46. The van der Waals surface area contributed by atoms with Crippen LogP contribution in [0.4, 0.5) is 0 Å². The number of hydrogen-bond acceptors (Lipinski definition) is 2. The summed E-state index contributed by atoms with van der Waals surface area (Å²) in [6, 6.07) is 1.22. The summed E-state index contributed by atoms with van der Waals surface area (Å²) < 4.78 is 0. The van der Waals surface area contributed by atoms with Gasteiger partial charge in [0.2, 0.25) is 0 Å². The first-order chi connectivity index (χ1) is 5.40. The van der Waals surface area contributed by atoms with E-state index in [-0.39, 0.29) is 6.61 Å². The van der Waals surface area contributed by atoms with E-state index in [1.807, 2.05) is 0 Å². The maximum Gasteiger partial charge on any atom is 0.0656 e. The number of hydrogen-bond donors (Lipinski definition) is 2. The summed E-state index contributed by atoms with van der Waals surface area (Å²) in [5.74, 6) is 0. The minimum Gasteiger partial charge on any atom is -0.392 e. The molecule has 2 rings (SSSR count). The normalized spacial score (nSPS) is 36.6. The molecule has 2 nitrogen and oxygen atoms in total. The van der Waals surface area contributed by atoms with Gasteiger partial charge < -0.3 is 10.4 Å². The Morgan fingerprint density at radius 3 is 3.18 bits per heavy atom. The first kappa shape index (κ1) is 7.32. The van der Waals surface area contributed by atoms with E-state index in [1.54, 1.807) is 0 Å². The summed E-state index contributed by atoms with van der Waals surface area (Å²) in [6.07, 6.45) is 7.11. The van der Waals surface area contributed by atoms with Crippen molar-refractivity contribution in [3.8, 4) is 0 Å². The molecule has 0 aliphatic carbocycles. The van der Waals surface area contributed by atoms with Gasteiger partial charge in [0.1, 0.15) is 0 Å². The van der Waals surface area contributed by atoms with Crippen LogP contribution in [0.25, 0.3) is 0 Å². The van der Waals surface area contributed by atoms with Crippen LogP contribution < -0.4 is 5.32 Å². The maximum absolute atomic E-state index is 9.03. The second-order valence-electron chi connectivity index (χ2n) is 3.51. The van der Waals surface area contributed by atoms with Gasteiger partial charge in [0.15, 0.2) is 0 Å². The fraction of sp³-hybridized carbons (Fsp3) is 0.778. The summed E-state index contributed by atoms with van der Waals surface area (Å²) in [6.45, 7) is 0.240. The average Bonchev–Trinajstić information content (AvgIpc) is 2.33. The molecule has 0 spiro atoms. The molecule has 2 aliphatic rings. The van der Waals surface area contributed by atoms with Crippen LogP contribution in [0, 0.1) is 0 Å². The summed E-state index contributed by atoms with van der Waals surface area (Å²) >= 11 is 0. The average molecular weight is 153 g/mol. The lowest BCUT2D eigenvalue weighted by Crippen LogP contribution is -2.29. The van der Waals surface area contributed by atoms with Crippen LogP contribution in [0.5, 0.6) is 0 Å². The Morgan fingerprint density at radius 1 is 1.45 bits per heavy atom. The molecule has 2 aliphatic heterocycles. The van der Waals surface area contributed by atoms with E-state index in [1.165, 1.54) is 24.8 Å². The highest BCUT2D eigenvalue weighted by molar-refractivity contribution is 5.16. The third-order valence-electron chi connectivity index (χ3n) is 2.79. The Labute approximate surface area is 67.3 Å². The molecule has 0 aromatic rings. The van der Waals surface area contributed by atoms with Crippen molar-refractivity contribution in [2.24, 2.45) is 0 Å². The Balaban J connectivity index is 2.12. The monoisotopic (exact) mass is 153 g/mol. The van der Waals surface area contributed by atoms with E-state index >= 15 is 0 Å². The van der Waals surface area contributed by atoms with Crippen LogP contribution in [0.3, 0.4) is 0 Å². The highest BCUT2D eigenvalue weighted by Crippen LogP contribution is 2.25. The molecule has 0 amide bonds. The van der Waals surface area contributed by atoms with Crippen LogP contribution in [0.15, 0.2) is 11.6 Å². The zero-order valence-electron chi connectivity index (χ0n) is 6.71. The summed E-state index contributed by atoms with van der Waals surface area (Å²) in [5.41, 5.74) is 1.21. The minimum absolute atomic E-state index is 0.240. The van der Waals surface area contributed by atoms with Crippen molar-refractivity contribution in [3.05, 3.63) is 11.6 Å². The van der Waals surface area contributed by atoms with Gasteiger partial charge in [0.25, 0.3) is 0 Å². The highest BCUT2D eigenvalue weighted by Gasteiger charge is 2.27. The van der Waals surface area contributed by atoms with Crippen LogP contribution in [-0.2, 0) is 0 Å². The van der Waals surface area contributed by atoms with Gasteiger partial charge >= 0.3 is 0 Å². The number of allylic oxidation sites excluding steroid dienone is 1. The molecule has 0 saturated carbocycles. The fourth-order valence-corrected chi connectivity index (χ4v) is 2.13. The SMILES string of the molecule is OCC1=CCC[C@H]2CC[C@H]1N2. The lowest BCUT2D eigenvalue weighted by Gasteiger charge is -2.11. The largest absolute Gasteiger partial charge is 0.392 e. The molecule has 2 atom stereocenters. The predicted molar refractivity (Wildman–Crippen MR) is 44.3 cm³/mol. The van der Waals surface area contributed by atoms with E-state index in [0.29, 0.717) is 6.04 Å². The zero-order chi connectivity index (χ0) is 7.68. The van der Waals surface area contributed by atoms with Gasteiger partial charge in [0, 0.05) is 12.1 Å². The molecular formula is C9H15NO. The number of nitrogens with one attached hydrogen (secondary N) is 1. The van der Waals surface area contributed by atoms with Gasteiger partial charge in [-0.3, -0.25) is 0 Å². The molecule has 11 heavy (non-hydrogen) atoms. The molecular weight excluding hydrogens is 138 g/mol. The van der Waals surface area contributed by atoms with E-state index in [9.17, 15) is 0 Å². The quantitative estimate of drug-likeness (QED) is 0.547. The van der Waals surface area contributed by atoms with Crippen molar-refractivity contribution >= 4 is 0 Å². The van der Waals surface area contributed by atoms with Crippen LogP contribution in [0.2, 0.25) is 0 Å². The molecule has 62 valence electrons. The highest BCUT2D eigenvalue weighted by atomic mass is 16.3. The lowest BCUT2D eigenvalue weighted by molar-refractivity contribution is 0.319. The van der Waals surface area contributed by atoms with Crippen molar-refractivity contribution < 1.29 is 5.11 Å². The van der Waals surface area contributed by atoms with Crippen LogP contribution in [0.1, 0.15) is 25.7 Å². The van der Waals surface area contributed by atoms with E-state index in [4.69, 9.17) is 5.11 Å². The second kappa shape index (κ2) is 2.95. The van der Waals surface area contributed by atoms with Gasteiger partial charge in [-0.1, -0.05) is 6.08 Å². The molecule has 2 heterocycles. The first-order valence-corrected chi connectivity index (χ1v) is 4.46. The standard InChI is InChI=1S/C9H15NO/c11-6-7-2-1-3-8-4-5-9(7)10-8/h2,8-11H,1,3-6H2/t8-,9+/m0/s1. The molecule has 2 heteroatoms. The Kier molecular flexibility index (Phi) is 1.96. The van der Waals surface area contributed by atoms with E-state index < -0.39 is 0 Å². The summed E-state index contributed by atoms with van der Waals surface area (Å²) in [5, 5.41) is 12.6. The smallest absolute Gasteiger partial charge is 0.0656 e. The number of rotatable bonds is 1. The van der Waals surface area contributed by atoms with Crippen LogP contribution >= 0.6 is 0 Å². The van der Waals surface area contributed by atoms with Crippen molar-refractivity contribution in [2.45, 2.75) is 37.8 Å².